The van der Waals surface area contributed by atoms with Crippen LogP contribution < -0.4 is 4.90 Å². The summed E-state index contributed by atoms with van der Waals surface area (Å²) < 4.78 is 14.2. The van der Waals surface area contributed by atoms with Gasteiger partial charge in [-0.05, 0) is 18.6 Å². The van der Waals surface area contributed by atoms with Crippen LogP contribution in [-0.2, 0) is 20.8 Å². The average Bonchev–Trinajstić information content (AvgIpc) is 3.05. The van der Waals surface area contributed by atoms with Gasteiger partial charge >= 0.3 is 0 Å². The number of anilines is 1. The third-order valence-electron chi connectivity index (χ3n) is 4.39. The lowest BCUT2D eigenvalue weighted by Crippen LogP contribution is -2.38. The van der Waals surface area contributed by atoms with Crippen molar-refractivity contribution in [2.75, 3.05) is 18.5 Å². The second-order valence-corrected chi connectivity index (χ2v) is 7.14. The van der Waals surface area contributed by atoms with Gasteiger partial charge in [0.1, 0.15) is 5.82 Å². The lowest BCUT2D eigenvalue weighted by Gasteiger charge is -2.28. The van der Waals surface area contributed by atoms with Crippen LogP contribution >= 0.6 is 0 Å². The second-order valence-electron chi connectivity index (χ2n) is 7.14. The van der Waals surface area contributed by atoms with Crippen LogP contribution in [0.15, 0.2) is 18.2 Å². The van der Waals surface area contributed by atoms with Crippen molar-refractivity contribution in [3.05, 3.63) is 35.2 Å². The highest BCUT2D eigenvalue weighted by Gasteiger charge is 2.38. The van der Waals surface area contributed by atoms with E-state index in [0.29, 0.717) is 29.8 Å². The SMILES string of the molecule is CN1C(=O)C=C(c2ccc(F)c3c2N(C(=O)C(C)(C)C)CC3)C1=O. The van der Waals surface area contributed by atoms with E-state index in [0.717, 1.165) is 4.90 Å². The molecular weight excluding hydrogens is 311 g/mol. The topological polar surface area (TPSA) is 57.7 Å². The number of fused-ring (bicyclic) bond motifs is 1. The fourth-order valence-electron chi connectivity index (χ4n) is 3.07. The van der Waals surface area contributed by atoms with E-state index >= 15 is 0 Å². The van der Waals surface area contributed by atoms with Gasteiger partial charge in [0.25, 0.3) is 11.8 Å². The van der Waals surface area contributed by atoms with E-state index in [-0.39, 0.29) is 11.5 Å². The Hall–Kier alpha value is -2.50. The fourth-order valence-corrected chi connectivity index (χ4v) is 3.07. The quantitative estimate of drug-likeness (QED) is 0.741. The fraction of sp³-hybridized carbons (Fsp3) is 0.389. The van der Waals surface area contributed by atoms with Crippen LogP contribution in [-0.4, -0.2) is 36.2 Å². The van der Waals surface area contributed by atoms with Crippen molar-refractivity contribution in [2.24, 2.45) is 5.41 Å². The van der Waals surface area contributed by atoms with Gasteiger partial charge in [-0.25, -0.2) is 4.39 Å². The molecule has 2 aliphatic rings. The number of hydrogen-bond donors (Lipinski definition) is 0. The molecule has 0 saturated carbocycles. The summed E-state index contributed by atoms with van der Waals surface area (Å²) in [4.78, 5) is 39.4. The summed E-state index contributed by atoms with van der Waals surface area (Å²) in [6, 6.07) is 2.76. The summed E-state index contributed by atoms with van der Waals surface area (Å²) >= 11 is 0. The van der Waals surface area contributed by atoms with Crippen LogP contribution in [0.4, 0.5) is 10.1 Å². The van der Waals surface area contributed by atoms with E-state index < -0.39 is 23.0 Å². The minimum Gasteiger partial charge on any atom is -0.311 e. The Morgan fingerprint density at radius 1 is 1.21 bits per heavy atom. The van der Waals surface area contributed by atoms with Gasteiger partial charge in [0, 0.05) is 36.2 Å². The normalized spacial score (nSPS) is 17.5. The first-order chi connectivity index (χ1) is 11.1. The zero-order valence-corrected chi connectivity index (χ0v) is 14.1. The van der Waals surface area contributed by atoms with Crippen molar-refractivity contribution in [2.45, 2.75) is 27.2 Å². The molecule has 0 aliphatic carbocycles. The van der Waals surface area contributed by atoms with Crippen LogP contribution in [0.5, 0.6) is 0 Å². The molecule has 0 fully saturated rings. The molecule has 3 rings (SSSR count). The Labute approximate surface area is 139 Å². The summed E-state index contributed by atoms with van der Waals surface area (Å²) in [5.41, 5.74) is 0.835. The van der Waals surface area contributed by atoms with E-state index in [1.807, 2.05) is 0 Å². The van der Waals surface area contributed by atoms with Crippen molar-refractivity contribution in [3.63, 3.8) is 0 Å². The molecule has 2 heterocycles. The number of halogens is 1. The predicted octanol–water partition coefficient (Wildman–Crippen LogP) is 2.14. The number of hydrogen-bond acceptors (Lipinski definition) is 3. The standard InChI is InChI=1S/C18H19FN2O3/c1-18(2,3)17(24)21-8-7-11-13(19)6-5-10(15(11)21)12-9-14(22)20(4)16(12)23/h5-6,9H,7-8H2,1-4H3. The van der Waals surface area contributed by atoms with Crippen LogP contribution in [0, 0.1) is 11.2 Å². The van der Waals surface area contributed by atoms with Gasteiger partial charge in [-0.2, -0.15) is 0 Å². The zero-order valence-electron chi connectivity index (χ0n) is 14.1. The summed E-state index contributed by atoms with van der Waals surface area (Å²) in [5.74, 6) is -1.40. The van der Waals surface area contributed by atoms with Crippen LogP contribution in [0.25, 0.3) is 5.57 Å². The summed E-state index contributed by atoms with van der Waals surface area (Å²) in [5, 5.41) is 0. The number of likely N-dealkylation sites (N-methyl/N-ethyl adjacent to an activating group) is 1. The highest BCUT2D eigenvalue weighted by molar-refractivity contribution is 6.34. The van der Waals surface area contributed by atoms with Crippen molar-refractivity contribution < 1.29 is 18.8 Å². The van der Waals surface area contributed by atoms with Crippen molar-refractivity contribution >= 4 is 29.0 Å². The Kier molecular flexibility index (Phi) is 3.59. The Morgan fingerprint density at radius 2 is 1.88 bits per heavy atom. The molecule has 3 amide bonds. The molecular formula is C18H19FN2O3. The summed E-state index contributed by atoms with van der Waals surface area (Å²) in [7, 11) is 1.40. The molecule has 126 valence electrons. The first kappa shape index (κ1) is 16.4. The summed E-state index contributed by atoms with van der Waals surface area (Å²) in [6.07, 6.45) is 1.63. The molecule has 24 heavy (non-hydrogen) atoms. The third-order valence-corrected chi connectivity index (χ3v) is 4.39. The number of nitrogens with zero attached hydrogens (tertiary/aromatic N) is 2. The second kappa shape index (κ2) is 5.26. The number of imide groups is 1. The summed E-state index contributed by atoms with van der Waals surface area (Å²) in [6.45, 7) is 5.75. The smallest absolute Gasteiger partial charge is 0.261 e. The number of carbonyl (C=O) groups excluding carboxylic acids is 3. The molecule has 0 radical (unpaired) electrons. The molecule has 0 saturated heterocycles. The Morgan fingerprint density at radius 3 is 2.42 bits per heavy atom. The molecule has 1 aromatic carbocycles. The van der Waals surface area contributed by atoms with E-state index in [2.05, 4.69) is 0 Å². The van der Waals surface area contributed by atoms with Crippen LogP contribution in [0.2, 0.25) is 0 Å². The van der Waals surface area contributed by atoms with Gasteiger partial charge in [-0.3, -0.25) is 19.3 Å². The molecule has 2 aliphatic heterocycles. The monoisotopic (exact) mass is 330 g/mol. The molecule has 1 aromatic rings. The largest absolute Gasteiger partial charge is 0.311 e. The van der Waals surface area contributed by atoms with E-state index in [1.54, 1.807) is 20.8 Å². The highest BCUT2D eigenvalue weighted by Crippen LogP contribution is 2.40. The third kappa shape index (κ3) is 2.33. The molecule has 0 aromatic heterocycles. The van der Waals surface area contributed by atoms with Gasteiger partial charge in [-0.1, -0.05) is 20.8 Å². The molecule has 0 atom stereocenters. The van der Waals surface area contributed by atoms with E-state index in [9.17, 15) is 18.8 Å². The lowest BCUT2D eigenvalue weighted by molar-refractivity contribution is -0.134. The maximum Gasteiger partial charge on any atom is 0.261 e. The maximum atomic E-state index is 14.2. The van der Waals surface area contributed by atoms with Crippen LogP contribution in [0.3, 0.4) is 0 Å². The van der Waals surface area contributed by atoms with E-state index in [4.69, 9.17) is 0 Å². The first-order valence-electron chi connectivity index (χ1n) is 7.80. The van der Waals surface area contributed by atoms with E-state index in [1.165, 1.54) is 30.2 Å². The first-order valence-corrected chi connectivity index (χ1v) is 7.80. The Bertz CT molecular complexity index is 805. The molecule has 6 heteroatoms. The lowest BCUT2D eigenvalue weighted by atomic mass is 9.93. The van der Waals surface area contributed by atoms with Gasteiger partial charge in [0.15, 0.2) is 0 Å². The maximum absolute atomic E-state index is 14.2. The number of benzene rings is 1. The van der Waals surface area contributed by atoms with Crippen molar-refractivity contribution in [1.29, 1.82) is 0 Å². The molecule has 5 nitrogen and oxygen atoms in total. The molecule has 0 N–H and O–H groups in total. The highest BCUT2D eigenvalue weighted by atomic mass is 19.1. The predicted molar refractivity (Wildman–Crippen MR) is 87.7 cm³/mol. The van der Waals surface area contributed by atoms with Crippen molar-refractivity contribution in [1.82, 2.24) is 4.90 Å². The van der Waals surface area contributed by atoms with Crippen molar-refractivity contribution in [3.8, 4) is 0 Å². The minimum absolute atomic E-state index is 0.140. The zero-order chi connectivity index (χ0) is 17.8. The van der Waals surface area contributed by atoms with Crippen LogP contribution in [0.1, 0.15) is 31.9 Å². The van der Waals surface area contributed by atoms with Gasteiger partial charge < -0.3 is 4.90 Å². The van der Waals surface area contributed by atoms with Gasteiger partial charge in [-0.15, -0.1) is 0 Å². The average molecular weight is 330 g/mol. The number of rotatable bonds is 1. The number of amides is 3. The minimum atomic E-state index is -0.633. The Balaban J connectivity index is 2.17. The molecule has 0 spiro atoms. The van der Waals surface area contributed by atoms with Gasteiger partial charge in [0.05, 0.1) is 11.3 Å². The molecule has 0 unspecified atom stereocenters. The molecule has 0 bridgehead atoms. The van der Waals surface area contributed by atoms with Gasteiger partial charge in [0.2, 0.25) is 5.91 Å². The number of carbonyl (C=O) groups is 3.